The Morgan fingerprint density at radius 2 is 0.812 bits per heavy atom. The van der Waals surface area contributed by atoms with Gasteiger partial charge in [-0.2, -0.15) is 0 Å². The number of amides is 4. The molecule has 6 heterocycles. The van der Waals surface area contributed by atoms with Crippen LogP contribution in [-0.4, -0.2) is 271 Å². The SMILES string of the molecule is C=CC(=O)Nc1sc2c(c1-c1nc3ccccc3s1)CCN(C(=O)OC(C)(C)C)C2.CCOC(=O)CCOCCOCCOCCOCCOCCOCCN.CCOC(=O)CCOCCOCCOCCOCCOCCOCCNCCC(=O)Nc1sc2c(c1-c1nc3ccccc3s1)CCN(C(=O)OC(C)(C)C)C2. The van der Waals surface area contributed by atoms with Gasteiger partial charge in [0.15, 0.2) is 0 Å². The van der Waals surface area contributed by atoms with Crippen LogP contribution in [0.25, 0.3) is 41.6 Å². The van der Waals surface area contributed by atoms with Crippen molar-refractivity contribution in [3.8, 4) is 21.1 Å². The minimum absolute atomic E-state index is 0.0952. The molecule has 112 heavy (non-hydrogen) atoms. The van der Waals surface area contributed by atoms with Crippen molar-refractivity contribution in [2.24, 2.45) is 5.73 Å². The maximum atomic E-state index is 13.1. The van der Waals surface area contributed by atoms with Crippen molar-refractivity contribution in [3.63, 3.8) is 0 Å². The van der Waals surface area contributed by atoms with Gasteiger partial charge in [-0.25, -0.2) is 19.6 Å². The van der Waals surface area contributed by atoms with Crippen molar-refractivity contribution in [2.45, 2.75) is 112 Å². The molecule has 0 saturated heterocycles. The van der Waals surface area contributed by atoms with Crippen LogP contribution in [0.2, 0.25) is 0 Å². The number of carbonyl (C=O) groups is 6. The van der Waals surface area contributed by atoms with E-state index in [4.69, 9.17) is 91.5 Å². The second kappa shape index (κ2) is 54.1. The first-order valence-electron chi connectivity index (χ1n) is 38.1. The van der Waals surface area contributed by atoms with Crippen LogP contribution in [0.3, 0.4) is 0 Å². The molecule has 0 unspecified atom stereocenters. The highest BCUT2D eigenvalue weighted by molar-refractivity contribution is 7.23. The van der Waals surface area contributed by atoms with Crippen LogP contribution in [0, 0.1) is 0 Å². The quantitative estimate of drug-likeness (QED) is 0.0119. The molecule has 34 heteroatoms. The molecule has 0 radical (unpaired) electrons. The number of fused-ring (bicyclic) bond motifs is 4. The fourth-order valence-electron chi connectivity index (χ4n) is 10.4. The van der Waals surface area contributed by atoms with E-state index < -0.39 is 11.2 Å². The number of carbonyl (C=O) groups excluding carboxylic acids is 6. The van der Waals surface area contributed by atoms with Gasteiger partial charge in [0.25, 0.3) is 0 Å². The molecule has 0 aliphatic carbocycles. The molecule has 0 saturated carbocycles. The summed E-state index contributed by atoms with van der Waals surface area (Å²) in [5.74, 6) is -0.861. The lowest BCUT2D eigenvalue weighted by atomic mass is 10.0. The van der Waals surface area contributed by atoms with E-state index in [2.05, 4.69) is 28.6 Å². The maximum absolute atomic E-state index is 13.1. The first-order chi connectivity index (χ1) is 54.2. The number of para-hydroxylation sites is 2. The number of rotatable bonds is 51. The number of nitrogens with zero attached hydrogens (tertiary/aromatic N) is 4. The number of anilines is 2. The highest BCUT2D eigenvalue weighted by atomic mass is 32.1. The number of nitrogens with two attached hydrogens (primary N) is 1. The van der Waals surface area contributed by atoms with Crippen LogP contribution in [0.1, 0.15) is 95.5 Å². The Labute approximate surface area is 673 Å². The zero-order chi connectivity index (χ0) is 80.6. The van der Waals surface area contributed by atoms with Gasteiger partial charge >= 0.3 is 24.1 Å². The summed E-state index contributed by atoms with van der Waals surface area (Å²) in [5, 5.41) is 12.6. The second-order valence-electron chi connectivity index (χ2n) is 26.7. The van der Waals surface area contributed by atoms with Crippen molar-refractivity contribution >= 4 is 112 Å². The highest BCUT2D eigenvalue weighted by Gasteiger charge is 2.34. The van der Waals surface area contributed by atoms with Gasteiger partial charge in [0.1, 0.15) is 31.2 Å². The van der Waals surface area contributed by atoms with Crippen molar-refractivity contribution in [2.75, 3.05) is 215 Å². The number of esters is 2. The molecular formula is C78H116N8O22S4. The zero-order valence-corrected chi connectivity index (χ0v) is 69.5. The maximum Gasteiger partial charge on any atom is 0.410 e. The topological polar surface area (TPSA) is 344 Å². The highest BCUT2D eigenvalue weighted by Crippen LogP contribution is 2.47. The average molecular weight is 1650 g/mol. The molecule has 0 atom stereocenters. The van der Waals surface area contributed by atoms with Crippen LogP contribution in [0.5, 0.6) is 0 Å². The molecule has 624 valence electrons. The number of thiazole rings is 2. The molecule has 2 aromatic carbocycles. The van der Waals surface area contributed by atoms with Crippen molar-refractivity contribution in [1.29, 1.82) is 0 Å². The third kappa shape index (κ3) is 37.2. The van der Waals surface area contributed by atoms with E-state index in [0.717, 1.165) is 72.5 Å². The predicted molar refractivity (Wildman–Crippen MR) is 433 cm³/mol. The van der Waals surface area contributed by atoms with E-state index in [0.29, 0.717) is 237 Å². The first kappa shape index (κ1) is 94.1. The van der Waals surface area contributed by atoms with E-state index in [1.807, 2.05) is 84.0 Å². The van der Waals surface area contributed by atoms with Crippen molar-refractivity contribution in [1.82, 2.24) is 25.1 Å². The number of ether oxygens (including phenoxy) is 16. The van der Waals surface area contributed by atoms with Gasteiger partial charge in [0.2, 0.25) is 11.8 Å². The lowest BCUT2D eigenvalue weighted by Gasteiger charge is -2.30. The van der Waals surface area contributed by atoms with Gasteiger partial charge in [-0.3, -0.25) is 19.2 Å². The Morgan fingerprint density at radius 1 is 0.464 bits per heavy atom. The van der Waals surface area contributed by atoms with Crippen molar-refractivity contribution in [3.05, 3.63) is 82.1 Å². The minimum atomic E-state index is -0.576. The Kier molecular flexibility index (Phi) is 45.5. The summed E-state index contributed by atoms with van der Waals surface area (Å²) in [6, 6.07) is 16.0. The molecule has 4 amide bonds. The lowest BCUT2D eigenvalue weighted by Crippen LogP contribution is -2.39. The predicted octanol–water partition coefficient (Wildman–Crippen LogP) is 10.7. The standard InChI is InChI=1S/C39H58N4O11S2.C22H23N3O3S2.C17H35NO8/c1-5-53-34(45)12-16-47-18-20-49-22-24-51-26-27-52-25-23-50-21-19-48-17-14-40-13-10-33(44)42-37-35(36-41-30-8-6-7-9-31(30)55-36)29-11-15-43(28-32(29)56-37)38(46)54-39(2,3)4;1-5-17(26)24-20-18(19-23-14-8-6-7-9-15(14)29-19)13-10-11-25(12-16(13)30-20)21(27)28-22(2,3)4;1-2-26-17(19)3-5-20-7-9-22-11-13-24-15-16-25-14-12-23-10-8-21-6-4-18/h6-9,40H,5,10-28H2,1-4H3,(H,42,44);5-9H,1,10-12H2,2-4H3,(H,24,26);2-16,18H2,1H3. The second-order valence-corrected chi connectivity index (χ2v) is 31.0. The number of nitrogens with one attached hydrogen (secondary N) is 3. The van der Waals surface area contributed by atoms with Gasteiger partial charge in [0.05, 0.1) is 218 Å². The Bertz CT molecular complexity index is 3660. The smallest absolute Gasteiger partial charge is 0.410 e. The Hall–Kier alpha value is -6.78. The largest absolute Gasteiger partial charge is 0.466 e. The van der Waals surface area contributed by atoms with E-state index in [-0.39, 0.29) is 48.8 Å². The fraction of sp³-hybridized carbons (Fsp3) is 0.615. The van der Waals surface area contributed by atoms with Gasteiger partial charge in [-0.15, -0.1) is 45.3 Å². The first-order valence-corrected chi connectivity index (χ1v) is 41.3. The summed E-state index contributed by atoms with van der Waals surface area (Å²) >= 11 is 6.21. The summed E-state index contributed by atoms with van der Waals surface area (Å²) in [5.41, 5.74) is 10.2. The molecule has 0 spiro atoms. The fourth-order valence-corrected chi connectivity index (χ4v) is 15.2. The van der Waals surface area contributed by atoms with Crippen molar-refractivity contribution < 1.29 is 105 Å². The summed E-state index contributed by atoms with van der Waals surface area (Å²) < 4.78 is 87.7. The average Bonchev–Trinajstić information content (AvgIpc) is 1.62. The van der Waals surface area contributed by atoms with E-state index in [1.165, 1.54) is 28.7 Å². The van der Waals surface area contributed by atoms with Crippen LogP contribution in [0.4, 0.5) is 19.6 Å². The van der Waals surface area contributed by atoms with Crippen LogP contribution in [-0.2, 0) is 121 Å². The summed E-state index contributed by atoms with van der Waals surface area (Å²) in [7, 11) is 0. The summed E-state index contributed by atoms with van der Waals surface area (Å²) in [4.78, 5) is 88.0. The van der Waals surface area contributed by atoms with Gasteiger partial charge in [-0.05, 0) is 110 Å². The van der Waals surface area contributed by atoms with Gasteiger partial charge in [0, 0.05) is 60.0 Å². The van der Waals surface area contributed by atoms with E-state index in [1.54, 1.807) is 46.3 Å². The lowest BCUT2D eigenvalue weighted by molar-refractivity contribution is -0.145. The third-order valence-corrected chi connectivity index (χ3v) is 19.9. The number of thiophene rings is 2. The molecule has 2 aliphatic rings. The summed E-state index contributed by atoms with van der Waals surface area (Å²) in [6.45, 7) is 34.0. The molecule has 2 aliphatic heterocycles. The monoisotopic (exact) mass is 1640 g/mol. The molecular weight excluding hydrogens is 1530 g/mol. The Balaban J connectivity index is 0.000000292. The van der Waals surface area contributed by atoms with Crippen LogP contribution >= 0.6 is 45.3 Å². The molecule has 6 aromatic rings. The third-order valence-electron chi connectivity index (χ3n) is 15.6. The van der Waals surface area contributed by atoms with Crippen LogP contribution < -0.4 is 21.7 Å². The molecule has 4 aromatic heterocycles. The molecule has 8 rings (SSSR count). The normalized spacial score (nSPS) is 12.7. The van der Waals surface area contributed by atoms with E-state index >= 15 is 0 Å². The number of benzene rings is 2. The molecule has 0 fully saturated rings. The van der Waals surface area contributed by atoms with Gasteiger partial charge < -0.3 is 107 Å². The zero-order valence-electron chi connectivity index (χ0n) is 66.3. The molecule has 5 N–H and O–H groups in total. The number of hydrogen-bond acceptors (Lipinski definition) is 30. The minimum Gasteiger partial charge on any atom is -0.466 e. The number of hydrogen-bond donors (Lipinski definition) is 4. The van der Waals surface area contributed by atoms with Crippen LogP contribution in [0.15, 0.2) is 61.2 Å². The number of aromatic nitrogens is 2. The molecule has 30 nitrogen and oxygen atoms in total. The molecule has 0 bridgehead atoms. The summed E-state index contributed by atoms with van der Waals surface area (Å²) in [6.07, 6.45) is 2.75. The van der Waals surface area contributed by atoms with Gasteiger partial charge in [-0.1, -0.05) is 30.8 Å². The Morgan fingerprint density at radius 3 is 1.16 bits per heavy atom. The van der Waals surface area contributed by atoms with E-state index in [9.17, 15) is 28.8 Å².